The lowest BCUT2D eigenvalue weighted by molar-refractivity contribution is -0.144. The van der Waals surface area contributed by atoms with Crippen LogP contribution in [0, 0.1) is 5.92 Å². The van der Waals surface area contributed by atoms with Gasteiger partial charge in [-0.1, -0.05) is 6.92 Å². The number of alkyl halides is 3. The normalized spacial score (nSPS) is 16.3. The van der Waals surface area contributed by atoms with Crippen molar-refractivity contribution in [2.45, 2.75) is 25.9 Å². The topological polar surface area (TPSA) is 82.3 Å². The van der Waals surface area contributed by atoms with Crippen LogP contribution < -0.4 is 10.9 Å². The molecule has 1 saturated heterocycles. The molecule has 6 nitrogen and oxygen atoms in total. The molecule has 1 aromatic heterocycles. The van der Waals surface area contributed by atoms with Crippen LogP contribution in [-0.2, 0) is 15.8 Å². The van der Waals surface area contributed by atoms with Crippen molar-refractivity contribution in [1.29, 1.82) is 0 Å². The molecule has 2 heterocycles. The van der Waals surface area contributed by atoms with Gasteiger partial charge in [-0.05, 0) is 24.8 Å². The minimum Gasteiger partial charge on any atom is -0.334 e. The number of likely N-dealkylation sites (tertiary alicyclic amines) is 1. The summed E-state index contributed by atoms with van der Waals surface area (Å²) in [5, 5.41) is 1.96. The Kier molecular flexibility index (Phi) is 4.76. The lowest BCUT2D eigenvalue weighted by atomic mass is 9.99. The molecule has 0 unspecified atom stereocenters. The van der Waals surface area contributed by atoms with Crippen molar-refractivity contribution in [3.05, 3.63) is 28.2 Å². The highest BCUT2D eigenvalue weighted by Gasteiger charge is 2.32. The number of aromatic nitrogens is 1. The average Bonchev–Trinajstić information content (AvgIpc) is 2.48. The van der Waals surface area contributed by atoms with Gasteiger partial charge in [-0.25, -0.2) is 0 Å². The zero-order valence-electron chi connectivity index (χ0n) is 12.4. The number of nitrogens with one attached hydrogen (secondary N) is 2. The van der Waals surface area contributed by atoms with Crippen molar-refractivity contribution in [2.75, 3.05) is 18.4 Å². The Hall–Kier alpha value is -2.32. The average molecular weight is 331 g/mol. The highest BCUT2D eigenvalue weighted by atomic mass is 19.4. The lowest BCUT2D eigenvalue weighted by Crippen LogP contribution is -2.44. The maximum absolute atomic E-state index is 12.6. The van der Waals surface area contributed by atoms with E-state index in [9.17, 15) is 27.6 Å². The summed E-state index contributed by atoms with van der Waals surface area (Å²) in [7, 11) is 0. The van der Waals surface area contributed by atoms with Crippen LogP contribution in [-0.4, -0.2) is 34.8 Å². The van der Waals surface area contributed by atoms with E-state index in [1.54, 1.807) is 0 Å². The number of aromatic amines is 1. The molecule has 0 saturated carbocycles. The van der Waals surface area contributed by atoms with E-state index in [-0.39, 0.29) is 0 Å². The first-order chi connectivity index (χ1) is 10.7. The first kappa shape index (κ1) is 17.0. The quantitative estimate of drug-likeness (QED) is 0.767. The van der Waals surface area contributed by atoms with E-state index in [0.717, 1.165) is 12.8 Å². The molecule has 1 aliphatic rings. The van der Waals surface area contributed by atoms with Crippen molar-refractivity contribution >= 4 is 17.5 Å². The number of pyridine rings is 1. The third-order valence-electron chi connectivity index (χ3n) is 3.74. The predicted molar refractivity (Wildman–Crippen MR) is 75.7 cm³/mol. The van der Waals surface area contributed by atoms with Crippen molar-refractivity contribution in [3.8, 4) is 0 Å². The molecule has 9 heteroatoms. The highest BCUT2D eigenvalue weighted by molar-refractivity contribution is 6.39. The molecule has 0 spiro atoms. The minimum absolute atomic E-state index is 0.409. The van der Waals surface area contributed by atoms with E-state index in [0.29, 0.717) is 31.3 Å². The standard InChI is InChI=1S/C14H16F3N3O3/c1-8-2-4-20(5-3-8)13(23)12(22)19-10-6-9(14(15,16)17)7-18-11(10)21/h6-8H,2-5H2,1H3,(H,18,21)(H,19,22). The second-order valence-corrected chi connectivity index (χ2v) is 5.56. The maximum Gasteiger partial charge on any atom is 0.417 e. The molecule has 126 valence electrons. The molecule has 0 aliphatic carbocycles. The number of rotatable bonds is 1. The van der Waals surface area contributed by atoms with Crippen LogP contribution in [0.2, 0.25) is 0 Å². The fourth-order valence-corrected chi connectivity index (χ4v) is 2.27. The molecule has 0 bridgehead atoms. The number of hydrogen-bond donors (Lipinski definition) is 2. The maximum atomic E-state index is 12.6. The number of piperidine rings is 1. The van der Waals surface area contributed by atoms with Crippen molar-refractivity contribution in [2.24, 2.45) is 5.92 Å². The van der Waals surface area contributed by atoms with Crippen LogP contribution in [0.3, 0.4) is 0 Å². The number of hydrogen-bond acceptors (Lipinski definition) is 3. The first-order valence-electron chi connectivity index (χ1n) is 7.08. The van der Waals surface area contributed by atoms with Gasteiger partial charge in [0.2, 0.25) is 0 Å². The first-order valence-corrected chi connectivity index (χ1v) is 7.08. The van der Waals surface area contributed by atoms with Crippen LogP contribution in [0.1, 0.15) is 25.3 Å². The van der Waals surface area contributed by atoms with Gasteiger partial charge in [-0.15, -0.1) is 0 Å². The summed E-state index contributed by atoms with van der Waals surface area (Å²) in [6.07, 6.45) is -2.66. The van der Waals surface area contributed by atoms with Crippen molar-refractivity contribution in [3.63, 3.8) is 0 Å². The third-order valence-corrected chi connectivity index (χ3v) is 3.74. The van der Waals surface area contributed by atoms with Crippen molar-refractivity contribution in [1.82, 2.24) is 9.88 Å². The van der Waals surface area contributed by atoms with Gasteiger partial charge < -0.3 is 15.2 Å². The van der Waals surface area contributed by atoms with Gasteiger partial charge in [0, 0.05) is 19.3 Å². The van der Waals surface area contributed by atoms with Gasteiger partial charge in [0.15, 0.2) is 0 Å². The van der Waals surface area contributed by atoms with Gasteiger partial charge in [-0.2, -0.15) is 13.2 Å². The van der Waals surface area contributed by atoms with Gasteiger partial charge in [0.25, 0.3) is 5.56 Å². The second-order valence-electron chi connectivity index (χ2n) is 5.56. The Balaban J connectivity index is 2.11. The molecule has 2 N–H and O–H groups in total. The van der Waals surface area contributed by atoms with Crippen LogP contribution in [0.15, 0.2) is 17.1 Å². The number of carbonyl (C=O) groups is 2. The number of amides is 2. The van der Waals surface area contributed by atoms with Crippen LogP contribution in [0.25, 0.3) is 0 Å². The Bertz CT molecular complexity index is 661. The molecule has 1 aliphatic heterocycles. The summed E-state index contributed by atoms with van der Waals surface area (Å²) in [5.74, 6) is -1.52. The second kappa shape index (κ2) is 6.43. The highest BCUT2D eigenvalue weighted by Crippen LogP contribution is 2.29. The van der Waals surface area contributed by atoms with Gasteiger partial charge >= 0.3 is 18.0 Å². The number of carbonyl (C=O) groups excluding carboxylic acids is 2. The monoisotopic (exact) mass is 331 g/mol. The van der Waals surface area contributed by atoms with Crippen molar-refractivity contribution < 1.29 is 22.8 Å². The van der Waals surface area contributed by atoms with E-state index < -0.39 is 34.8 Å². The van der Waals surface area contributed by atoms with Crippen LogP contribution in [0.5, 0.6) is 0 Å². The Labute approximate surface area is 129 Å². The molecule has 2 rings (SSSR count). The van der Waals surface area contributed by atoms with E-state index in [1.165, 1.54) is 4.90 Å². The molecule has 1 aromatic rings. The lowest BCUT2D eigenvalue weighted by Gasteiger charge is -2.29. The largest absolute Gasteiger partial charge is 0.417 e. The number of anilines is 1. The molecular formula is C14H16F3N3O3. The molecular weight excluding hydrogens is 315 g/mol. The Morgan fingerprint density at radius 2 is 1.91 bits per heavy atom. The molecule has 0 atom stereocenters. The summed E-state index contributed by atoms with van der Waals surface area (Å²) < 4.78 is 37.8. The number of nitrogens with zero attached hydrogens (tertiary/aromatic N) is 1. The van der Waals surface area contributed by atoms with Gasteiger partial charge in [0.05, 0.1) is 5.56 Å². The number of H-pyrrole nitrogens is 1. The van der Waals surface area contributed by atoms with E-state index in [2.05, 4.69) is 0 Å². The summed E-state index contributed by atoms with van der Waals surface area (Å²) >= 11 is 0. The molecule has 1 fully saturated rings. The van der Waals surface area contributed by atoms with E-state index in [1.807, 2.05) is 17.2 Å². The Morgan fingerprint density at radius 1 is 1.30 bits per heavy atom. The summed E-state index contributed by atoms with van der Waals surface area (Å²) in [5.41, 5.74) is -2.64. The molecule has 0 radical (unpaired) electrons. The zero-order valence-corrected chi connectivity index (χ0v) is 12.4. The fourth-order valence-electron chi connectivity index (χ4n) is 2.27. The van der Waals surface area contributed by atoms with Crippen LogP contribution in [0.4, 0.5) is 18.9 Å². The third kappa shape index (κ3) is 4.11. The van der Waals surface area contributed by atoms with Gasteiger partial charge in [0.1, 0.15) is 5.69 Å². The Morgan fingerprint density at radius 3 is 2.48 bits per heavy atom. The fraction of sp³-hybridized carbons (Fsp3) is 0.500. The van der Waals surface area contributed by atoms with Gasteiger partial charge in [-0.3, -0.25) is 14.4 Å². The van der Waals surface area contributed by atoms with Crippen LogP contribution >= 0.6 is 0 Å². The molecule has 0 aromatic carbocycles. The number of halogens is 3. The predicted octanol–water partition coefficient (Wildman–Crippen LogP) is 1.59. The molecule has 23 heavy (non-hydrogen) atoms. The minimum atomic E-state index is -4.67. The summed E-state index contributed by atoms with van der Waals surface area (Å²) in [6.45, 7) is 2.85. The summed E-state index contributed by atoms with van der Waals surface area (Å²) in [6, 6.07) is 0.502. The zero-order chi connectivity index (χ0) is 17.2. The SMILES string of the molecule is CC1CCN(C(=O)C(=O)Nc2cc(C(F)(F)F)c[nH]c2=O)CC1. The summed E-state index contributed by atoms with van der Waals surface area (Å²) in [4.78, 5) is 38.6. The van der Waals surface area contributed by atoms with E-state index >= 15 is 0 Å². The van der Waals surface area contributed by atoms with E-state index in [4.69, 9.17) is 0 Å². The molecule has 2 amide bonds. The smallest absolute Gasteiger partial charge is 0.334 e.